The topological polar surface area (TPSA) is 103 Å². The zero-order chi connectivity index (χ0) is 27.0. The summed E-state index contributed by atoms with van der Waals surface area (Å²) in [6.07, 6.45) is 0. The molecular formula is C28H28N6O3S2. The first-order valence-corrected chi connectivity index (χ1v) is 14.2. The van der Waals surface area contributed by atoms with Gasteiger partial charge in [0.05, 0.1) is 30.0 Å². The van der Waals surface area contributed by atoms with Crippen LogP contribution in [-0.2, 0) is 0 Å². The minimum absolute atomic E-state index is 0.407. The number of ether oxygens (including phenoxy) is 3. The molecule has 0 atom stereocenters. The van der Waals surface area contributed by atoms with Gasteiger partial charge in [0.15, 0.2) is 4.34 Å². The van der Waals surface area contributed by atoms with Gasteiger partial charge in [-0.05, 0) is 99.3 Å². The molecule has 0 radical (unpaired) electrons. The van der Waals surface area contributed by atoms with Gasteiger partial charge in [-0.2, -0.15) is 15.0 Å². The third-order valence-electron chi connectivity index (χ3n) is 5.29. The first-order valence-electron chi connectivity index (χ1n) is 12.6. The molecule has 0 amide bonds. The van der Waals surface area contributed by atoms with E-state index in [1.165, 1.54) is 11.8 Å². The number of hydrogen-bond acceptors (Lipinski definition) is 11. The van der Waals surface area contributed by atoms with Gasteiger partial charge in [-0.15, -0.1) is 11.3 Å². The van der Waals surface area contributed by atoms with Gasteiger partial charge < -0.3 is 24.8 Å². The fraction of sp³-hybridized carbons (Fsp3) is 0.214. The number of fused-ring (bicyclic) bond motifs is 1. The molecule has 11 heteroatoms. The van der Waals surface area contributed by atoms with Crippen LogP contribution in [0.15, 0.2) is 76.2 Å². The normalized spacial score (nSPS) is 10.8. The van der Waals surface area contributed by atoms with Crippen molar-refractivity contribution >= 4 is 56.6 Å². The van der Waals surface area contributed by atoms with Gasteiger partial charge in [0.25, 0.3) is 0 Å². The third kappa shape index (κ3) is 7.06. The van der Waals surface area contributed by atoms with Crippen LogP contribution in [0, 0.1) is 0 Å². The third-order valence-corrected chi connectivity index (χ3v) is 7.23. The Bertz CT molecular complexity index is 1460. The van der Waals surface area contributed by atoms with Crippen molar-refractivity contribution in [1.82, 2.24) is 19.9 Å². The molecule has 5 rings (SSSR count). The van der Waals surface area contributed by atoms with Gasteiger partial charge in [-0.3, -0.25) is 0 Å². The van der Waals surface area contributed by atoms with E-state index in [4.69, 9.17) is 19.2 Å². The van der Waals surface area contributed by atoms with E-state index in [1.807, 2.05) is 87.5 Å². The highest BCUT2D eigenvalue weighted by Crippen LogP contribution is 2.35. The summed E-state index contributed by atoms with van der Waals surface area (Å²) in [4.78, 5) is 18.7. The number of thiazole rings is 1. The highest BCUT2D eigenvalue weighted by atomic mass is 32.2. The predicted octanol–water partition coefficient (Wildman–Crippen LogP) is 7.32. The minimum atomic E-state index is 0.407. The molecular weight excluding hydrogens is 532 g/mol. The van der Waals surface area contributed by atoms with Crippen molar-refractivity contribution in [1.29, 1.82) is 0 Å². The van der Waals surface area contributed by atoms with Gasteiger partial charge in [0, 0.05) is 11.4 Å². The molecule has 0 aliphatic heterocycles. The Labute approximate surface area is 235 Å². The first kappa shape index (κ1) is 26.5. The number of anilines is 4. The van der Waals surface area contributed by atoms with Crippen molar-refractivity contribution in [2.45, 2.75) is 30.3 Å². The van der Waals surface area contributed by atoms with Crippen molar-refractivity contribution in [2.75, 3.05) is 30.5 Å². The zero-order valence-corrected chi connectivity index (χ0v) is 23.4. The Morgan fingerprint density at radius 3 is 1.69 bits per heavy atom. The maximum Gasteiger partial charge on any atom is 0.233 e. The summed E-state index contributed by atoms with van der Waals surface area (Å²) in [6, 6.07) is 21.2. The van der Waals surface area contributed by atoms with Crippen LogP contribution in [0.2, 0.25) is 0 Å². The Morgan fingerprint density at radius 2 is 1.15 bits per heavy atom. The fourth-order valence-electron chi connectivity index (χ4n) is 3.64. The standard InChI is InChI=1S/C28H28N6O3S2/c1-4-35-20-11-7-18(8-12-20)29-25-32-26(30-19-9-13-21(14-10-19)36-5-2)34-27(33-25)39-28-31-23-16-15-22(37-6-3)17-24(23)38-28/h7-17H,4-6H2,1-3H3,(H2,29,30,32,33,34). The second kappa shape index (κ2) is 12.6. The summed E-state index contributed by atoms with van der Waals surface area (Å²) >= 11 is 2.95. The van der Waals surface area contributed by atoms with Crippen molar-refractivity contribution < 1.29 is 14.2 Å². The van der Waals surface area contributed by atoms with Gasteiger partial charge in [0.1, 0.15) is 17.2 Å². The number of aromatic nitrogens is 4. The van der Waals surface area contributed by atoms with Crippen molar-refractivity contribution in [3.05, 3.63) is 66.7 Å². The number of nitrogens with one attached hydrogen (secondary N) is 2. The Balaban J connectivity index is 1.42. The molecule has 0 bridgehead atoms. The molecule has 0 saturated carbocycles. The zero-order valence-electron chi connectivity index (χ0n) is 21.8. The lowest BCUT2D eigenvalue weighted by Crippen LogP contribution is -2.05. The van der Waals surface area contributed by atoms with Crippen LogP contribution in [0.25, 0.3) is 10.2 Å². The van der Waals surface area contributed by atoms with Crippen LogP contribution in [0.4, 0.5) is 23.3 Å². The Kier molecular flexibility index (Phi) is 8.59. The predicted molar refractivity (Wildman–Crippen MR) is 157 cm³/mol. The monoisotopic (exact) mass is 560 g/mol. The van der Waals surface area contributed by atoms with Crippen LogP contribution in [0.3, 0.4) is 0 Å². The summed E-state index contributed by atoms with van der Waals surface area (Å²) in [6.45, 7) is 7.72. The first-order chi connectivity index (χ1) is 19.1. The maximum absolute atomic E-state index is 5.63. The average Bonchev–Trinajstić information content (AvgIpc) is 3.33. The lowest BCUT2D eigenvalue weighted by molar-refractivity contribution is 0.340. The summed E-state index contributed by atoms with van der Waals surface area (Å²) in [5, 5.41) is 7.06. The Hall–Kier alpha value is -4.09. The van der Waals surface area contributed by atoms with Gasteiger partial charge in [0.2, 0.25) is 17.1 Å². The van der Waals surface area contributed by atoms with Crippen LogP contribution < -0.4 is 24.8 Å². The quantitative estimate of drug-likeness (QED) is 0.161. The molecule has 5 aromatic rings. The lowest BCUT2D eigenvalue weighted by Gasteiger charge is -2.11. The molecule has 2 heterocycles. The van der Waals surface area contributed by atoms with E-state index < -0.39 is 0 Å². The molecule has 0 aliphatic rings. The van der Waals surface area contributed by atoms with E-state index >= 15 is 0 Å². The van der Waals surface area contributed by atoms with Crippen LogP contribution in [0.1, 0.15) is 20.8 Å². The SMILES string of the molecule is CCOc1ccc(Nc2nc(Nc3ccc(OCC)cc3)nc(Sc3nc4ccc(OCC)cc4s3)n2)cc1. The van der Waals surface area contributed by atoms with Gasteiger partial charge in [-0.25, -0.2) is 4.98 Å². The molecule has 0 spiro atoms. The molecule has 9 nitrogen and oxygen atoms in total. The van der Waals surface area contributed by atoms with Crippen LogP contribution in [-0.4, -0.2) is 39.8 Å². The molecule has 39 heavy (non-hydrogen) atoms. The number of nitrogens with zero attached hydrogens (tertiary/aromatic N) is 4. The summed E-state index contributed by atoms with van der Waals surface area (Å²) in [7, 11) is 0. The molecule has 0 saturated heterocycles. The second-order valence-corrected chi connectivity index (χ2v) is 10.3. The maximum atomic E-state index is 5.63. The molecule has 0 unspecified atom stereocenters. The van der Waals surface area contributed by atoms with Crippen molar-refractivity contribution in [3.63, 3.8) is 0 Å². The van der Waals surface area contributed by atoms with E-state index in [-0.39, 0.29) is 0 Å². The average molecular weight is 561 g/mol. The van der Waals surface area contributed by atoms with E-state index in [1.54, 1.807) is 11.3 Å². The smallest absolute Gasteiger partial charge is 0.233 e. The largest absolute Gasteiger partial charge is 0.494 e. The van der Waals surface area contributed by atoms with E-state index in [2.05, 4.69) is 25.6 Å². The molecule has 3 aromatic carbocycles. The number of rotatable bonds is 12. The molecule has 2 aromatic heterocycles. The number of benzene rings is 3. The summed E-state index contributed by atoms with van der Waals surface area (Å²) in [5.74, 6) is 3.25. The van der Waals surface area contributed by atoms with Crippen LogP contribution in [0.5, 0.6) is 17.2 Å². The second-order valence-electron chi connectivity index (χ2n) is 8.07. The van der Waals surface area contributed by atoms with Gasteiger partial charge in [-0.1, -0.05) is 0 Å². The molecule has 2 N–H and O–H groups in total. The van der Waals surface area contributed by atoms with E-state index in [0.717, 1.165) is 43.2 Å². The highest BCUT2D eigenvalue weighted by molar-refractivity contribution is 8.01. The molecule has 200 valence electrons. The molecule has 0 aliphatic carbocycles. The van der Waals surface area contributed by atoms with E-state index in [0.29, 0.717) is 36.9 Å². The number of hydrogen-bond donors (Lipinski definition) is 2. The van der Waals surface area contributed by atoms with Crippen LogP contribution >= 0.6 is 23.1 Å². The minimum Gasteiger partial charge on any atom is -0.494 e. The van der Waals surface area contributed by atoms with Crippen molar-refractivity contribution in [2.24, 2.45) is 0 Å². The van der Waals surface area contributed by atoms with E-state index in [9.17, 15) is 0 Å². The summed E-state index contributed by atoms with van der Waals surface area (Å²) < 4.78 is 18.6. The Morgan fingerprint density at radius 1 is 0.641 bits per heavy atom. The fourth-order valence-corrected chi connectivity index (χ4v) is 5.59. The highest BCUT2D eigenvalue weighted by Gasteiger charge is 2.13. The molecule has 0 fully saturated rings. The van der Waals surface area contributed by atoms with Crippen molar-refractivity contribution in [3.8, 4) is 17.2 Å². The summed E-state index contributed by atoms with van der Waals surface area (Å²) in [5.41, 5.74) is 2.56. The van der Waals surface area contributed by atoms with Gasteiger partial charge >= 0.3 is 0 Å². The lowest BCUT2D eigenvalue weighted by atomic mass is 10.3.